The van der Waals surface area contributed by atoms with E-state index in [1.807, 2.05) is 6.92 Å². The number of unbranched alkanes of at least 4 members (excludes halogenated alkanes) is 1. The normalized spacial score (nSPS) is 12.2. The molecule has 3 rings (SSSR count). The molecule has 0 aliphatic heterocycles. The summed E-state index contributed by atoms with van der Waals surface area (Å²) in [4.78, 5) is 12.5. The van der Waals surface area contributed by atoms with Crippen LogP contribution in [0.4, 0.5) is 26.3 Å². The average Bonchev–Trinajstić information content (AvgIpc) is 2.85. The zero-order chi connectivity index (χ0) is 27.3. The monoisotopic (exact) mass is 526 g/mol. The van der Waals surface area contributed by atoms with Gasteiger partial charge in [-0.2, -0.15) is 17.6 Å². The van der Waals surface area contributed by atoms with Crippen LogP contribution in [-0.4, -0.2) is 18.7 Å². The van der Waals surface area contributed by atoms with Crippen molar-refractivity contribution in [2.75, 3.05) is 6.61 Å². The zero-order valence-corrected chi connectivity index (χ0v) is 20.2. The number of halogens is 6. The molecule has 0 fully saturated rings. The summed E-state index contributed by atoms with van der Waals surface area (Å²) < 4.78 is 99.5. The summed E-state index contributed by atoms with van der Waals surface area (Å²) in [7, 11) is 0. The quantitative estimate of drug-likeness (QED) is 0.0890. The van der Waals surface area contributed by atoms with Crippen LogP contribution in [-0.2, 0) is 0 Å². The first-order chi connectivity index (χ1) is 17.4. The number of para-hydroxylation sites is 2. The predicted molar refractivity (Wildman–Crippen MR) is 123 cm³/mol. The number of esters is 1. The van der Waals surface area contributed by atoms with Crippen LogP contribution in [0.25, 0.3) is 0 Å². The average molecular weight is 526 g/mol. The number of ether oxygens (including phenoxy) is 3. The lowest BCUT2D eigenvalue weighted by Crippen LogP contribution is -2.20. The Morgan fingerprint density at radius 1 is 0.892 bits per heavy atom. The molecule has 0 aliphatic carbocycles. The van der Waals surface area contributed by atoms with Gasteiger partial charge in [-0.15, -0.1) is 0 Å². The molecule has 0 aliphatic rings. The molecule has 1 unspecified atom stereocenters. The Kier molecular flexibility index (Phi) is 8.73. The second-order valence-corrected chi connectivity index (χ2v) is 8.29. The SMILES string of the molecule is CCCCOc1c(F)c(F)c(C(C)c2ccc(C(=O)Oc3ccccc3OC(C)(F)F)cc2)c(F)c1F. The van der Waals surface area contributed by atoms with Crippen LogP contribution in [0.2, 0.25) is 0 Å². The Balaban J connectivity index is 1.82. The Hall–Kier alpha value is -3.69. The number of carbonyl (C=O) groups is 1. The van der Waals surface area contributed by atoms with E-state index in [0.29, 0.717) is 19.8 Å². The second kappa shape index (κ2) is 11.6. The molecule has 0 N–H and O–H groups in total. The summed E-state index contributed by atoms with van der Waals surface area (Å²) in [5.74, 6) is -10.2. The zero-order valence-electron chi connectivity index (χ0n) is 20.2. The van der Waals surface area contributed by atoms with E-state index < -0.39 is 52.6 Å². The smallest absolute Gasteiger partial charge is 0.395 e. The van der Waals surface area contributed by atoms with E-state index in [9.17, 15) is 31.1 Å². The topological polar surface area (TPSA) is 44.8 Å². The van der Waals surface area contributed by atoms with Gasteiger partial charge in [-0.3, -0.25) is 0 Å². The third kappa shape index (κ3) is 6.55. The van der Waals surface area contributed by atoms with Crippen LogP contribution in [0, 0.1) is 23.3 Å². The van der Waals surface area contributed by atoms with E-state index in [-0.39, 0.29) is 29.2 Å². The molecule has 0 aromatic heterocycles. The fraction of sp³-hybridized carbons (Fsp3) is 0.296. The van der Waals surface area contributed by atoms with Crippen molar-refractivity contribution in [1.82, 2.24) is 0 Å². The van der Waals surface area contributed by atoms with E-state index >= 15 is 0 Å². The lowest BCUT2D eigenvalue weighted by molar-refractivity contribution is -0.159. The summed E-state index contributed by atoms with van der Waals surface area (Å²) in [6.07, 6.45) is -2.41. The van der Waals surface area contributed by atoms with Crippen molar-refractivity contribution in [3.63, 3.8) is 0 Å². The third-order valence-electron chi connectivity index (χ3n) is 5.42. The van der Waals surface area contributed by atoms with Crippen molar-refractivity contribution >= 4 is 5.97 Å². The minimum atomic E-state index is -3.51. The van der Waals surface area contributed by atoms with Crippen LogP contribution in [0.5, 0.6) is 17.2 Å². The third-order valence-corrected chi connectivity index (χ3v) is 5.42. The van der Waals surface area contributed by atoms with Crippen LogP contribution < -0.4 is 14.2 Å². The highest BCUT2D eigenvalue weighted by molar-refractivity contribution is 5.91. The maximum absolute atomic E-state index is 14.8. The van der Waals surface area contributed by atoms with Gasteiger partial charge in [0.15, 0.2) is 28.9 Å². The van der Waals surface area contributed by atoms with Crippen molar-refractivity contribution in [3.8, 4) is 17.2 Å². The lowest BCUT2D eigenvalue weighted by atomic mass is 9.91. The highest BCUT2D eigenvalue weighted by Gasteiger charge is 2.30. The van der Waals surface area contributed by atoms with Gasteiger partial charge in [-0.25, -0.2) is 13.6 Å². The molecule has 0 saturated heterocycles. The van der Waals surface area contributed by atoms with E-state index in [0.717, 1.165) is 0 Å². The molecule has 0 heterocycles. The first-order valence-corrected chi connectivity index (χ1v) is 11.4. The van der Waals surface area contributed by atoms with Crippen LogP contribution in [0.3, 0.4) is 0 Å². The summed E-state index contributed by atoms with van der Waals surface area (Å²) >= 11 is 0. The molecule has 3 aromatic rings. The molecule has 0 spiro atoms. The molecule has 0 bridgehead atoms. The minimum absolute atomic E-state index is 0.0213. The van der Waals surface area contributed by atoms with Crippen molar-refractivity contribution < 1.29 is 45.3 Å². The summed E-state index contributed by atoms with van der Waals surface area (Å²) in [6, 6.07) is 10.5. The van der Waals surface area contributed by atoms with Gasteiger partial charge in [0.2, 0.25) is 11.6 Å². The summed E-state index contributed by atoms with van der Waals surface area (Å²) in [5, 5.41) is 0. The number of benzene rings is 3. The first-order valence-electron chi connectivity index (χ1n) is 11.4. The molecule has 4 nitrogen and oxygen atoms in total. The van der Waals surface area contributed by atoms with Gasteiger partial charge in [-0.05, 0) is 36.2 Å². The maximum atomic E-state index is 14.8. The van der Waals surface area contributed by atoms with Gasteiger partial charge in [0.05, 0.1) is 12.2 Å². The largest absolute Gasteiger partial charge is 0.487 e. The number of rotatable bonds is 10. The molecular formula is C27H24F6O4. The number of hydrogen-bond donors (Lipinski definition) is 0. The highest BCUT2D eigenvalue weighted by Crippen LogP contribution is 2.37. The van der Waals surface area contributed by atoms with Gasteiger partial charge in [0, 0.05) is 18.4 Å². The number of hydrogen-bond acceptors (Lipinski definition) is 4. The molecule has 0 radical (unpaired) electrons. The van der Waals surface area contributed by atoms with Gasteiger partial charge in [0.1, 0.15) is 0 Å². The predicted octanol–water partition coefficient (Wildman–Crippen LogP) is 7.78. The van der Waals surface area contributed by atoms with Crippen molar-refractivity contribution in [2.24, 2.45) is 0 Å². The van der Waals surface area contributed by atoms with E-state index in [2.05, 4.69) is 4.74 Å². The minimum Gasteiger partial charge on any atom is -0.487 e. The maximum Gasteiger partial charge on any atom is 0.395 e. The van der Waals surface area contributed by atoms with E-state index in [1.54, 1.807) is 0 Å². The van der Waals surface area contributed by atoms with Gasteiger partial charge in [-0.1, -0.05) is 44.5 Å². The Morgan fingerprint density at radius 2 is 1.46 bits per heavy atom. The van der Waals surface area contributed by atoms with Crippen molar-refractivity contribution in [2.45, 2.75) is 45.6 Å². The summed E-state index contributed by atoms with van der Waals surface area (Å²) in [6.45, 7) is 3.58. The van der Waals surface area contributed by atoms with E-state index in [1.165, 1.54) is 55.5 Å². The molecule has 3 aromatic carbocycles. The second-order valence-electron chi connectivity index (χ2n) is 8.29. The van der Waals surface area contributed by atoms with Crippen LogP contribution in [0.15, 0.2) is 48.5 Å². The Morgan fingerprint density at radius 3 is 2.00 bits per heavy atom. The first kappa shape index (κ1) is 27.9. The lowest BCUT2D eigenvalue weighted by Gasteiger charge is -2.18. The fourth-order valence-electron chi connectivity index (χ4n) is 3.50. The van der Waals surface area contributed by atoms with E-state index in [4.69, 9.17) is 9.47 Å². The van der Waals surface area contributed by atoms with Gasteiger partial charge < -0.3 is 14.2 Å². The molecule has 0 saturated carbocycles. The molecular weight excluding hydrogens is 502 g/mol. The number of carbonyl (C=O) groups excluding carboxylic acids is 1. The molecule has 198 valence electrons. The standard InChI is InChI=1S/C27H24F6O4/c1-4-5-14-35-25-23(30)21(28)20(22(29)24(25)31)15(2)16-10-12-17(13-11-16)26(34)36-18-8-6-7-9-19(18)37-27(3,32)33/h6-13,15H,4-5,14H2,1-3H3. The Labute approximate surface area is 209 Å². The van der Waals surface area contributed by atoms with Gasteiger partial charge >= 0.3 is 12.1 Å². The van der Waals surface area contributed by atoms with Crippen molar-refractivity contribution in [1.29, 1.82) is 0 Å². The molecule has 0 amide bonds. The molecule has 1 atom stereocenters. The fourth-order valence-corrected chi connectivity index (χ4v) is 3.50. The highest BCUT2D eigenvalue weighted by atomic mass is 19.3. The summed E-state index contributed by atoms with van der Waals surface area (Å²) in [5.41, 5.74) is -0.617. The molecule has 37 heavy (non-hydrogen) atoms. The Bertz CT molecular complexity index is 1230. The van der Waals surface area contributed by atoms with Crippen molar-refractivity contribution in [3.05, 3.63) is 88.5 Å². The van der Waals surface area contributed by atoms with Crippen LogP contribution >= 0.6 is 0 Å². The van der Waals surface area contributed by atoms with Gasteiger partial charge in [0.25, 0.3) is 0 Å². The number of alkyl halides is 2. The van der Waals surface area contributed by atoms with Crippen LogP contribution in [0.1, 0.15) is 61.0 Å². The molecule has 10 heteroatoms.